The zero-order valence-electron chi connectivity index (χ0n) is 8.66. The molecule has 2 atom stereocenters. The van der Waals surface area contributed by atoms with E-state index in [0.29, 0.717) is 17.4 Å². The summed E-state index contributed by atoms with van der Waals surface area (Å²) in [6.45, 7) is 2.20. The summed E-state index contributed by atoms with van der Waals surface area (Å²) in [4.78, 5) is 0. The highest BCUT2D eigenvalue weighted by atomic mass is 32.1. The first-order valence-corrected chi connectivity index (χ1v) is 5.95. The molecule has 0 bridgehead atoms. The van der Waals surface area contributed by atoms with Crippen molar-refractivity contribution in [3.05, 3.63) is 5.56 Å². The number of nitrogens with zero attached hydrogens (tertiary/aromatic N) is 2. The van der Waals surface area contributed by atoms with Gasteiger partial charge in [-0.05, 0) is 30.3 Å². The van der Waals surface area contributed by atoms with Gasteiger partial charge in [-0.25, -0.2) is 0 Å². The second-order valence-electron chi connectivity index (χ2n) is 3.92. The standard InChI is InChI=1S/C10H14N4S/c1-2-3-6-4-8(6)13-10-7(5-11)9(12)14-15-10/h6,8,13H,2-4H2,1H3,(H2,12,14). The van der Waals surface area contributed by atoms with Crippen molar-refractivity contribution in [1.82, 2.24) is 4.37 Å². The van der Waals surface area contributed by atoms with Crippen LogP contribution in [0.4, 0.5) is 10.8 Å². The van der Waals surface area contributed by atoms with E-state index >= 15 is 0 Å². The van der Waals surface area contributed by atoms with E-state index in [-0.39, 0.29) is 0 Å². The molecule has 15 heavy (non-hydrogen) atoms. The lowest BCUT2D eigenvalue weighted by Gasteiger charge is -2.01. The summed E-state index contributed by atoms with van der Waals surface area (Å²) in [6, 6.07) is 2.61. The fourth-order valence-electron chi connectivity index (χ4n) is 1.79. The molecule has 1 fully saturated rings. The second-order valence-corrected chi connectivity index (χ2v) is 4.69. The van der Waals surface area contributed by atoms with E-state index in [1.807, 2.05) is 0 Å². The van der Waals surface area contributed by atoms with E-state index in [1.54, 1.807) is 0 Å². The fourth-order valence-corrected chi connectivity index (χ4v) is 2.52. The zero-order chi connectivity index (χ0) is 10.8. The average molecular weight is 222 g/mol. The van der Waals surface area contributed by atoms with Crippen molar-refractivity contribution >= 4 is 22.4 Å². The molecule has 0 aliphatic heterocycles. The smallest absolute Gasteiger partial charge is 0.157 e. The lowest BCUT2D eigenvalue weighted by molar-refractivity contribution is 0.693. The molecule has 2 unspecified atom stereocenters. The lowest BCUT2D eigenvalue weighted by Crippen LogP contribution is -2.04. The molecular formula is C10H14N4S. The Hall–Kier alpha value is -1.28. The van der Waals surface area contributed by atoms with Gasteiger partial charge in [0.05, 0.1) is 0 Å². The van der Waals surface area contributed by atoms with Gasteiger partial charge in [-0.15, -0.1) is 0 Å². The van der Waals surface area contributed by atoms with Crippen molar-refractivity contribution in [2.24, 2.45) is 5.92 Å². The summed E-state index contributed by atoms with van der Waals surface area (Å²) >= 11 is 1.28. The maximum atomic E-state index is 8.89. The highest BCUT2D eigenvalue weighted by Gasteiger charge is 2.36. The van der Waals surface area contributed by atoms with Crippen LogP contribution in [0, 0.1) is 17.2 Å². The summed E-state index contributed by atoms with van der Waals surface area (Å²) in [5.41, 5.74) is 6.08. The molecule has 1 aliphatic rings. The Bertz CT molecular complexity index is 393. The van der Waals surface area contributed by atoms with Crippen molar-refractivity contribution in [1.29, 1.82) is 5.26 Å². The first-order chi connectivity index (χ1) is 7.26. The van der Waals surface area contributed by atoms with Gasteiger partial charge in [-0.3, -0.25) is 0 Å². The molecule has 0 amide bonds. The average Bonchev–Trinajstić information content (AvgIpc) is 2.83. The molecule has 80 valence electrons. The number of rotatable bonds is 4. The molecule has 4 nitrogen and oxygen atoms in total. The SMILES string of the molecule is CCCC1CC1Nc1snc(N)c1C#N. The number of anilines is 2. The minimum atomic E-state index is 0.345. The van der Waals surface area contributed by atoms with Crippen LogP contribution in [0.25, 0.3) is 0 Å². The maximum absolute atomic E-state index is 8.89. The molecule has 1 heterocycles. The van der Waals surface area contributed by atoms with E-state index in [0.717, 1.165) is 10.9 Å². The first-order valence-electron chi connectivity index (χ1n) is 5.18. The van der Waals surface area contributed by atoms with Crippen LogP contribution in [0.5, 0.6) is 0 Å². The van der Waals surface area contributed by atoms with Crippen LogP contribution >= 0.6 is 11.5 Å². The summed E-state index contributed by atoms with van der Waals surface area (Å²) in [7, 11) is 0. The normalized spacial score (nSPS) is 23.5. The fraction of sp³-hybridized carbons (Fsp3) is 0.600. The van der Waals surface area contributed by atoms with Crippen molar-refractivity contribution in [3.63, 3.8) is 0 Å². The van der Waals surface area contributed by atoms with Crippen molar-refractivity contribution in [3.8, 4) is 6.07 Å². The van der Waals surface area contributed by atoms with Crippen LogP contribution < -0.4 is 11.1 Å². The molecule has 0 spiro atoms. The van der Waals surface area contributed by atoms with Gasteiger partial charge in [0.25, 0.3) is 0 Å². The van der Waals surface area contributed by atoms with Crippen LogP contribution in [0.15, 0.2) is 0 Å². The van der Waals surface area contributed by atoms with Crippen molar-refractivity contribution < 1.29 is 0 Å². The van der Waals surface area contributed by atoms with E-state index in [4.69, 9.17) is 11.0 Å². The molecular weight excluding hydrogens is 208 g/mol. The number of nitrogen functional groups attached to an aromatic ring is 1. The number of nitrogens with one attached hydrogen (secondary N) is 1. The Morgan fingerprint density at radius 1 is 1.73 bits per heavy atom. The van der Waals surface area contributed by atoms with Gasteiger partial charge in [0.2, 0.25) is 0 Å². The summed E-state index contributed by atoms with van der Waals surface area (Å²) < 4.78 is 3.97. The van der Waals surface area contributed by atoms with Gasteiger partial charge in [0.15, 0.2) is 5.82 Å². The molecule has 1 aliphatic carbocycles. The number of aromatic nitrogens is 1. The van der Waals surface area contributed by atoms with E-state index in [2.05, 4.69) is 22.7 Å². The summed E-state index contributed by atoms with van der Waals surface area (Å²) in [5, 5.41) is 13.1. The predicted molar refractivity (Wildman–Crippen MR) is 61.7 cm³/mol. The molecule has 1 saturated carbocycles. The molecule has 0 radical (unpaired) electrons. The number of nitriles is 1. The van der Waals surface area contributed by atoms with Gasteiger partial charge < -0.3 is 11.1 Å². The quantitative estimate of drug-likeness (QED) is 0.819. The maximum Gasteiger partial charge on any atom is 0.157 e. The zero-order valence-corrected chi connectivity index (χ0v) is 9.47. The highest BCUT2D eigenvalue weighted by molar-refractivity contribution is 7.10. The second kappa shape index (κ2) is 4.07. The van der Waals surface area contributed by atoms with Crippen LogP contribution in [-0.4, -0.2) is 10.4 Å². The van der Waals surface area contributed by atoms with Crippen LogP contribution in [0.3, 0.4) is 0 Å². The third kappa shape index (κ3) is 2.05. The van der Waals surface area contributed by atoms with Gasteiger partial charge in [-0.1, -0.05) is 13.3 Å². The number of hydrogen-bond donors (Lipinski definition) is 2. The molecule has 1 aromatic rings. The van der Waals surface area contributed by atoms with Crippen molar-refractivity contribution in [2.45, 2.75) is 32.2 Å². The Morgan fingerprint density at radius 2 is 2.53 bits per heavy atom. The molecule has 1 aromatic heterocycles. The number of nitrogens with two attached hydrogens (primary N) is 1. The Morgan fingerprint density at radius 3 is 3.20 bits per heavy atom. The van der Waals surface area contributed by atoms with Crippen molar-refractivity contribution in [2.75, 3.05) is 11.1 Å². The van der Waals surface area contributed by atoms with Gasteiger partial charge in [0.1, 0.15) is 16.6 Å². The van der Waals surface area contributed by atoms with Gasteiger partial charge >= 0.3 is 0 Å². The molecule has 2 rings (SSSR count). The number of hydrogen-bond acceptors (Lipinski definition) is 5. The molecule has 0 aromatic carbocycles. The summed E-state index contributed by atoms with van der Waals surface area (Å²) in [6.07, 6.45) is 3.68. The minimum absolute atomic E-state index is 0.345. The van der Waals surface area contributed by atoms with E-state index in [1.165, 1.54) is 30.8 Å². The monoisotopic (exact) mass is 222 g/mol. The van der Waals surface area contributed by atoms with Crippen LogP contribution in [0.2, 0.25) is 0 Å². The first kappa shape index (κ1) is 10.2. The van der Waals surface area contributed by atoms with Gasteiger partial charge in [-0.2, -0.15) is 9.64 Å². The Labute approximate surface area is 93.3 Å². The van der Waals surface area contributed by atoms with Gasteiger partial charge in [0, 0.05) is 6.04 Å². The van der Waals surface area contributed by atoms with Crippen LogP contribution in [0.1, 0.15) is 31.7 Å². The largest absolute Gasteiger partial charge is 0.382 e. The van der Waals surface area contributed by atoms with Crippen LogP contribution in [-0.2, 0) is 0 Å². The topological polar surface area (TPSA) is 74.7 Å². The molecule has 0 saturated heterocycles. The third-order valence-electron chi connectivity index (χ3n) is 2.73. The Kier molecular flexibility index (Phi) is 2.78. The minimum Gasteiger partial charge on any atom is -0.382 e. The lowest BCUT2D eigenvalue weighted by atomic mass is 10.2. The molecule has 3 N–H and O–H groups in total. The third-order valence-corrected chi connectivity index (χ3v) is 3.52. The highest BCUT2D eigenvalue weighted by Crippen LogP contribution is 2.39. The predicted octanol–water partition coefficient (Wildman–Crippen LogP) is 2.20. The summed E-state index contributed by atoms with van der Waals surface area (Å²) in [5.74, 6) is 1.11. The molecule has 5 heteroatoms. The van der Waals surface area contributed by atoms with E-state index in [9.17, 15) is 0 Å². The van der Waals surface area contributed by atoms with E-state index < -0.39 is 0 Å². The Balaban J connectivity index is 1.98.